The fourth-order valence-electron chi connectivity index (χ4n) is 3.46. The molecule has 22 heavy (non-hydrogen) atoms. The first-order valence-corrected chi connectivity index (χ1v) is 7.99. The minimum absolute atomic E-state index is 0.127. The van der Waals surface area contributed by atoms with Crippen LogP contribution in [0.4, 0.5) is 5.69 Å². The van der Waals surface area contributed by atoms with Crippen LogP contribution in [0, 0.1) is 11.3 Å². The summed E-state index contributed by atoms with van der Waals surface area (Å²) in [5.41, 5.74) is 4.40. The minimum atomic E-state index is -0.574. The third-order valence-electron chi connectivity index (χ3n) is 4.54. The summed E-state index contributed by atoms with van der Waals surface area (Å²) in [6.07, 6.45) is 7.90. The zero-order chi connectivity index (χ0) is 15.4. The van der Waals surface area contributed by atoms with Crippen LogP contribution in [0.25, 0.3) is 0 Å². The summed E-state index contributed by atoms with van der Waals surface area (Å²) in [4.78, 5) is 12.6. The van der Waals surface area contributed by atoms with Crippen LogP contribution in [0.1, 0.15) is 32.6 Å². The number of hydrogen-bond acceptors (Lipinski definition) is 4. The van der Waals surface area contributed by atoms with Crippen LogP contribution < -0.4 is 5.43 Å². The highest BCUT2D eigenvalue weighted by atomic mass is 16.5. The number of hydrazone groups is 1. The second-order valence-corrected chi connectivity index (χ2v) is 5.91. The molecule has 0 heterocycles. The normalized spacial score (nSPS) is 28.4. The quantitative estimate of drug-likeness (QED) is 0.523. The van der Waals surface area contributed by atoms with E-state index in [4.69, 9.17) is 4.74 Å². The smallest absolute Gasteiger partial charge is 0.318 e. The lowest BCUT2D eigenvalue weighted by atomic mass is 9.63. The molecule has 0 aromatic heterocycles. The number of allylic oxidation sites excluding steroid dienone is 2. The van der Waals surface area contributed by atoms with Gasteiger partial charge in [-0.05, 0) is 38.3 Å². The third-order valence-corrected chi connectivity index (χ3v) is 4.54. The number of para-hydroxylation sites is 1. The molecule has 0 saturated heterocycles. The molecular formula is C18H22N2O2. The van der Waals surface area contributed by atoms with Crippen molar-refractivity contribution in [2.75, 3.05) is 12.0 Å². The van der Waals surface area contributed by atoms with Gasteiger partial charge in [0.15, 0.2) is 0 Å². The fourth-order valence-corrected chi connectivity index (χ4v) is 3.46. The Bertz CT molecular complexity index is 594. The second kappa shape index (κ2) is 6.34. The predicted octanol–water partition coefficient (Wildman–Crippen LogP) is 3.76. The molecule has 1 saturated carbocycles. The van der Waals surface area contributed by atoms with Gasteiger partial charge < -0.3 is 4.74 Å². The van der Waals surface area contributed by atoms with E-state index in [2.05, 4.69) is 22.7 Å². The molecule has 0 spiro atoms. The highest BCUT2D eigenvalue weighted by Crippen LogP contribution is 2.45. The van der Waals surface area contributed by atoms with Crippen molar-refractivity contribution in [3.05, 3.63) is 42.5 Å². The lowest BCUT2D eigenvalue weighted by Crippen LogP contribution is -2.48. The lowest BCUT2D eigenvalue weighted by Gasteiger charge is -2.41. The minimum Gasteiger partial charge on any atom is -0.465 e. The molecule has 2 bridgehead atoms. The summed E-state index contributed by atoms with van der Waals surface area (Å²) in [5.74, 6) is 0.112. The molecule has 0 aliphatic heterocycles. The Morgan fingerprint density at radius 1 is 1.41 bits per heavy atom. The van der Waals surface area contributed by atoms with Gasteiger partial charge in [-0.25, -0.2) is 0 Å². The van der Waals surface area contributed by atoms with Crippen molar-refractivity contribution in [1.29, 1.82) is 0 Å². The Hall–Kier alpha value is -2.10. The van der Waals surface area contributed by atoms with Crippen LogP contribution in [0.3, 0.4) is 0 Å². The van der Waals surface area contributed by atoms with Crippen molar-refractivity contribution in [3.63, 3.8) is 0 Å². The monoisotopic (exact) mass is 298 g/mol. The van der Waals surface area contributed by atoms with Crippen LogP contribution >= 0.6 is 0 Å². The SMILES string of the molecule is CCOC(=O)[C@]12CC=C[C@@H](CCC1)/C2=N/Nc1ccccc1. The summed E-state index contributed by atoms with van der Waals surface area (Å²) in [5, 5.41) is 4.63. The van der Waals surface area contributed by atoms with Gasteiger partial charge in [-0.2, -0.15) is 5.10 Å². The molecule has 0 radical (unpaired) electrons. The number of carbonyl (C=O) groups is 1. The average molecular weight is 298 g/mol. The zero-order valence-corrected chi connectivity index (χ0v) is 12.9. The van der Waals surface area contributed by atoms with Gasteiger partial charge in [0.2, 0.25) is 0 Å². The molecule has 4 heteroatoms. The molecule has 3 rings (SSSR count). The Kier molecular flexibility index (Phi) is 4.27. The molecule has 0 amide bonds. The van der Waals surface area contributed by atoms with E-state index in [-0.39, 0.29) is 11.9 Å². The van der Waals surface area contributed by atoms with Gasteiger partial charge in [-0.3, -0.25) is 10.2 Å². The van der Waals surface area contributed by atoms with Gasteiger partial charge in [0.25, 0.3) is 0 Å². The van der Waals surface area contributed by atoms with Crippen molar-refractivity contribution in [1.82, 2.24) is 0 Å². The number of anilines is 1. The van der Waals surface area contributed by atoms with Crippen molar-refractivity contribution in [2.45, 2.75) is 32.6 Å². The molecule has 0 unspecified atom stereocenters. The van der Waals surface area contributed by atoms with Gasteiger partial charge in [-0.15, -0.1) is 0 Å². The Morgan fingerprint density at radius 3 is 3.00 bits per heavy atom. The van der Waals surface area contributed by atoms with Crippen LogP contribution in [0.5, 0.6) is 0 Å². The first kappa shape index (κ1) is 14.8. The third kappa shape index (κ3) is 2.65. The number of ether oxygens (including phenoxy) is 1. The number of rotatable bonds is 4. The number of carbonyl (C=O) groups excluding carboxylic acids is 1. The van der Waals surface area contributed by atoms with Gasteiger partial charge in [0, 0.05) is 5.92 Å². The molecule has 2 atom stereocenters. The maximum absolute atomic E-state index is 12.6. The molecule has 1 fully saturated rings. The van der Waals surface area contributed by atoms with E-state index in [1.54, 1.807) is 0 Å². The van der Waals surface area contributed by atoms with Gasteiger partial charge in [0.05, 0.1) is 18.0 Å². The molecule has 1 N–H and O–H groups in total. The molecule has 4 nitrogen and oxygen atoms in total. The molecule has 1 aromatic rings. The number of nitrogens with one attached hydrogen (secondary N) is 1. The van der Waals surface area contributed by atoms with E-state index >= 15 is 0 Å². The van der Waals surface area contributed by atoms with Crippen molar-refractivity contribution >= 4 is 17.4 Å². The predicted molar refractivity (Wildman–Crippen MR) is 87.7 cm³/mol. The maximum Gasteiger partial charge on any atom is 0.318 e. The molecule has 2 aliphatic carbocycles. The van der Waals surface area contributed by atoms with E-state index in [1.807, 2.05) is 37.3 Å². The topological polar surface area (TPSA) is 50.7 Å². The van der Waals surface area contributed by atoms with Crippen LogP contribution in [-0.4, -0.2) is 18.3 Å². The van der Waals surface area contributed by atoms with Crippen LogP contribution in [0.2, 0.25) is 0 Å². The maximum atomic E-state index is 12.6. The lowest BCUT2D eigenvalue weighted by molar-refractivity contribution is -0.152. The summed E-state index contributed by atoms with van der Waals surface area (Å²) in [7, 11) is 0. The Labute approximate surface area is 131 Å². The van der Waals surface area contributed by atoms with Crippen molar-refractivity contribution in [2.24, 2.45) is 16.4 Å². The Morgan fingerprint density at radius 2 is 2.23 bits per heavy atom. The number of benzene rings is 1. The summed E-state index contributed by atoms with van der Waals surface area (Å²) < 4.78 is 5.36. The molecule has 1 aromatic carbocycles. The first-order chi connectivity index (χ1) is 10.8. The summed E-state index contributed by atoms with van der Waals surface area (Å²) in [6.45, 7) is 2.26. The second-order valence-electron chi connectivity index (χ2n) is 5.91. The van der Waals surface area contributed by atoms with Crippen molar-refractivity contribution in [3.8, 4) is 0 Å². The number of hydrogen-bond donors (Lipinski definition) is 1. The van der Waals surface area contributed by atoms with E-state index in [0.29, 0.717) is 13.0 Å². The molecular weight excluding hydrogens is 276 g/mol. The van der Waals surface area contributed by atoms with E-state index in [0.717, 1.165) is 30.7 Å². The van der Waals surface area contributed by atoms with Crippen LogP contribution in [0.15, 0.2) is 47.6 Å². The number of fused-ring (bicyclic) bond motifs is 2. The summed E-state index contributed by atoms with van der Waals surface area (Å²) >= 11 is 0. The van der Waals surface area contributed by atoms with E-state index in [9.17, 15) is 4.79 Å². The summed E-state index contributed by atoms with van der Waals surface area (Å²) in [6, 6.07) is 9.83. The van der Waals surface area contributed by atoms with Gasteiger partial charge >= 0.3 is 5.97 Å². The standard InChI is InChI=1S/C18H22N2O2/c1-2-22-17(21)18-12-6-8-14(9-7-13-18)16(18)20-19-15-10-4-3-5-11-15/h3-6,8,10-11,14,19H,2,7,9,12-13H2,1H3/b20-16-/t14-,18+/m0/s1. The van der Waals surface area contributed by atoms with Gasteiger partial charge in [-0.1, -0.05) is 36.8 Å². The highest BCUT2D eigenvalue weighted by molar-refractivity contribution is 6.10. The zero-order valence-electron chi connectivity index (χ0n) is 12.9. The first-order valence-electron chi connectivity index (χ1n) is 7.99. The number of nitrogens with zero attached hydrogens (tertiary/aromatic N) is 1. The fraction of sp³-hybridized carbons (Fsp3) is 0.444. The van der Waals surface area contributed by atoms with E-state index in [1.165, 1.54) is 0 Å². The molecule has 2 aliphatic rings. The van der Waals surface area contributed by atoms with Crippen molar-refractivity contribution < 1.29 is 9.53 Å². The highest BCUT2D eigenvalue weighted by Gasteiger charge is 2.50. The van der Waals surface area contributed by atoms with Gasteiger partial charge in [0.1, 0.15) is 5.41 Å². The average Bonchev–Trinajstić information content (AvgIpc) is 2.53. The number of esters is 1. The van der Waals surface area contributed by atoms with Crippen LogP contribution in [-0.2, 0) is 9.53 Å². The van der Waals surface area contributed by atoms with E-state index < -0.39 is 5.41 Å². The Balaban J connectivity index is 1.91. The molecule has 116 valence electrons. The largest absolute Gasteiger partial charge is 0.465 e.